The maximum absolute atomic E-state index is 10.8. The van der Waals surface area contributed by atoms with Crippen molar-refractivity contribution < 1.29 is 4.79 Å². The van der Waals surface area contributed by atoms with Crippen LogP contribution in [0.2, 0.25) is 0 Å². The van der Waals surface area contributed by atoms with Crippen molar-refractivity contribution in [2.75, 3.05) is 19.4 Å². The molecule has 0 fully saturated rings. The number of aldehydes is 1. The molecule has 0 radical (unpaired) electrons. The average molecular weight is 242 g/mol. The number of rotatable bonds is 5. The standard InChI is InChI=1S/C13H14N4O/c1-17(2)10-15-13(11(8-14)9-18)16-12-6-4-3-5-7-12/h3-7,9-10,16H,1-2H3/b13-11-,15-10+. The van der Waals surface area contributed by atoms with Crippen LogP contribution in [-0.4, -0.2) is 31.6 Å². The Labute approximate surface area is 106 Å². The summed E-state index contributed by atoms with van der Waals surface area (Å²) in [5, 5.41) is 11.8. The van der Waals surface area contributed by atoms with Gasteiger partial charge in [-0.15, -0.1) is 0 Å². The van der Waals surface area contributed by atoms with Crippen molar-refractivity contribution in [1.29, 1.82) is 5.26 Å². The highest BCUT2D eigenvalue weighted by Crippen LogP contribution is 2.12. The number of carbonyl (C=O) groups is 1. The smallest absolute Gasteiger partial charge is 0.164 e. The van der Waals surface area contributed by atoms with Gasteiger partial charge in [-0.3, -0.25) is 4.79 Å². The van der Waals surface area contributed by atoms with E-state index in [1.54, 1.807) is 19.0 Å². The molecule has 0 amide bonds. The van der Waals surface area contributed by atoms with E-state index in [9.17, 15) is 4.79 Å². The highest BCUT2D eigenvalue weighted by Gasteiger charge is 2.04. The minimum absolute atomic E-state index is 0.0445. The molecule has 0 aliphatic rings. The Balaban J connectivity index is 3.03. The summed E-state index contributed by atoms with van der Waals surface area (Å²) in [6, 6.07) is 11.0. The fourth-order valence-corrected chi connectivity index (χ4v) is 1.14. The first-order chi connectivity index (χ1) is 8.67. The Morgan fingerprint density at radius 3 is 2.56 bits per heavy atom. The summed E-state index contributed by atoms with van der Waals surface area (Å²) in [5.41, 5.74) is 0.718. The molecule has 0 saturated carbocycles. The van der Waals surface area contributed by atoms with Gasteiger partial charge >= 0.3 is 0 Å². The van der Waals surface area contributed by atoms with E-state index in [1.807, 2.05) is 36.4 Å². The van der Waals surface area contributed by atoms with E-state index in [2.05, 4.69) is 10.3 Å². The molecule has 0 bridgehead atoms. The number of nitrogens with one attached hydrogen (secondary N) is 1. The predicted molar refractivity (Wildman–Crippen MR) is 70.9 cm³/mol. The van der Waals surface area contributed by atoms with Crippen LogP contribution in [0, 0.1) is 11.3 Å². The zero-order chi connectivity index (χ0) is 13.4. The van der Waals surface area contributed by atoms with Crippen LogP contribution in [0.3, 0.4) is 0 Å². The first-order valence-electron chi connectivity index (χ1n) is 5.29. The second-order valence-corrected chi connectivity index (χ2v) is 3.69. The number of nitriles is 1. The number of hydrogen-bond acceptors (Lipinski definition) is 4. The molecule has 0 spiro atoms. The number of nitrogens with zero attached hydrogens (tertiary/aromatic N) is 3. The van der Waals surface area contributed by atoms with Crippen LogP contribution in [0.4, 0.5) is 5.69 Å². The third-order valence-electron chi connectivity index (χ3n) is 1.95. The maximum atomic E-state index is 10.8. The van der Waals surface area contributed by atoms with Crippen molar-refractivity contribution in [3.05, 3.63) is 41.7 Å². The first kappa shape index (κ1) is 13.5. The highest BCUT2D eigenvalue weighted by molar-refractivity contribution is 5.82. The molecule has 1 rings (SSSR count). The third kappa shape index (κ3) is 4.10. The zero-order valence-corrected chi connectivity index (χ0v) is 10.3. The fraction of sp³-hybridized carbons (Fsp3) is 0.154. The summed E-state index contributed by atoms with van der Waals surface area (Å²) >= 11 is 0. The van der Waals surface area contributed by atoms with Crippen LogP contribution in [0.15, 0.2) is 46.7 Å². The van der Waals surface area contributed by atoms with E-state index in [-0.39, 0.29) is 11.4 Å². The zero-order valence-electron chi connectivity index (χ0n) is 10.3. The molecule has 92 valence electrons. The third-order valence-corrected chi connectivity index (χ3v) is 1.95. The molecule has 1 aromatic carbocycles. The van der Waals surface area contributed by atoms with Gasteiger partial charge in [0.1, 0.15) is 11.6 Å². The summed E-state index contributed by atoms with van der Waals surface area (Å²) in [6.45, 7) is 0. The quantitative estimate of drug-likeness (QED) is 0.280. The van der Waals surface area contributed by atoms with Gasteiger partial charge in [-0.05, 0) is 12.1 Å². The van der Waals surface area contributed by atoms with Gasteiger partial charge in [-0.2, -0.15) is 5.26 Å². The van der Waals surface area contributed by atoms with E-state index in [1.165, 1.54) is 6.34 Å². The molecular weight excluding hydrogens is 228 g/mol. The Bertz CT molecular complexity index is 497. The van der Waals surface area contributed by atoms with Crippen molar-refractivity contribution in [2.24, 2.45) is 4.99 Å². The average Bonchev–Trinajstić information content (AvgIpc) is 2.38. The van der Waals surface area contributed by atoms with Crippen LogP contribution < -0.4 is 5.32 Å². The molecule has 0 aliphatic carbocycles. The Kier molecular flexibility index (Phi) is 5.13. The Morgan fingerprint density at radius 2 is 2.06 bits per heavy atom. The molecule has 1 N–H and O–H groups in total. The van der Waals surface area contributed by atoms with Gasteiger partial charge in [0.25, 0.3) is 0 Å². The van der Waals surface area contributed by atoms with E-state index < -0.39 is 0 Å². The minimum atomic E-state index is -0.0445. The highest BCUT2D eigenvalue weighted by atomic mass is 16.1. The van der Waals surface area contributed by atoms with Crippen LogP contribution in [0.5, 0.6) is 0 Å². The van der Waals surface area contributed by atoms with E-state index in [0.29, 0.717) is 6.29 Å². The van der Waals surface area contributed by atoms with Gasteiger partial charge in [0.2, 0.25) is 0 Å². The number of para-hydroxylation sites is 1. The van der Waals surface area contributed by atoms with Crippen molar-refractivity contribution in [3.63, 3.8) is 0 Å². The molecule has 0 saturated heterocycles. The summed E-state index contributed by atoms with van der Waals surface area (Å²) in [4.78, 5) is 16.6. The van der Waals surface area contributed by atoms with Crippen LogP contribution in [0.25, 0.3) is 0 Å². The molecule has 18 heavy (non-hydrogen) atoms. The van der Waals surface area contributed by atoms with E-state index >= 15 is 0 Å². The minimum Gasteiger partial charge on any atom is -0.369 e. The molecule has 0 aliphatic heterocycles. The predicted octanol–water partition coefficient (Wildman–Crippen LogP) is 1.62. The molecule has 5 heteroatoms. The van der Waals surface area contributed by atoms with Gasteiger partial charge in [0, 0.05) is 19.8 Å². The second-order valence-electron chi connectivity index (χ2n) is 3.69. The van der Waals surface area contributed by atoms with Gasteiger partial charge in [0.15, 0.2) is 12.1 Å². The fourth-order valence-electron chi connectivity index (χ4n) is 1.14. The lowest BCUT2D eigenvalue weighted by Gasteiger charge is -2.08. The van der Waals surface area contributed by atoms with Gasteiger partial charge in [0.05, 0.1) is 6.34 Å². The van der Waals surface area contributed by atoms with Crippen molar-refractivity contribution in [1.82, 2.24) is 4.90 Å². The maximum Gasteiger partial charge on any atom is 0.164 e. The van der Waals surface area contributed by atoms with Crippen molar-refractivity contribution in [2.45, 2.75) is 0 Å². The lowest BCUT2D eigenvalue weighted by molar-refractivity contribution is -0.104. The molecule has 0 atom stereocenters. The van der Waals surface area contributed by atoms with Gasteiger partial charge < -0.3 is 10.2 Å². The van der Waals surface area contributed by atoms with Crippen LogP contribution in [0.1, 0.15) is 0 Å². The topological polar surface area (TPSA) is 68.5 Å². The summed E-state index contributed by atoms with van der Waals surface area (Å²) in [5.74, 6) is 0.229. The Hall–Kier alpha value is -2.61. The summed E-state index contributed by atoms with van der Waals surface area (Å²) in [6.07, 6.45) is 2.00. The van der Waals surface area contributed by atoms with Crippen LogP contribution in [-0.2, 0) is 4.79 Å². The monoisotopic (exact) mass is 242 g/mol. The van der Waals surface area contributed by atoms with Crippen molar-refractivity contribution >= 4 is 18.3 Å². The normalized spacial score (nSPS) is 11.6. The molecule has 1 aromatic rings. The van der Waals surface area contributed by atoms with E-state index in [4.69, 9.17) is 5.26 Å². The Morgan fingerprint density at radius 1 is 1.39 bits per heavy atom. The number of anilines is 1. The van der Waals surface area contributed by atoms with Gasteiger partial charge in [-0.1, -0.05) is 18.2 Å². The number of hydrogen-bond donors (Lipinski definition) is 1. The molecule has 5 nitrogen and oxygen atoms in total. The summed E-state index contributed by atoms with van der Waals surface area (Å²) in [7, 11) is 3.60. The number of allylic oxidation sites excluding steroid dienone is 1. The van der Waals surface area contributed by atoms with Crippen LogP contribution >= 0.6 is 0 Å². The van der Waals surface area contributed by atoms with Crippen molar-refractivity contribution in [3.8, 4) is 6.07 Å². The second kappa shape index (κ2) is 6.86. The molecule has 0 aromatic heterocycles. The lowest BCUT2D eigenvalue weighted by atomic mass is 10.3. The first-order valence-corrected chi connectivity index (χ1v) is 5.29. The molecular formula is C13H14N4O. The van der Waals surface area contributed by atoms with E-state index in [0.717, 1.165) is 5.69 Å². The molecule has 0 unspecified atom stereocenters. The largest absolute Gasteiger partial charge is 0.369 e. The number of aliphatic imine (C=N–C) groups is 1. The SMILES string of the molecule is CN(C)/C=N/C(Nc1ccccc1)=C(\C#N)C=O. The molecule has 0 heterocycles. The lowest BCUT2D eigenvalue weighted by Crippen LogP contribution is -2.10. The van der Waals surface area contributed by atoms with Gasteiger partial charge in [-0.25, -0.2) is 4.99 Å². The summed E-state index contributed by atoms with van der Waals surface area (Å²) < 4.78 is 0. The number of benzene rings is 1. The number of carbonyl (C=O) groups excluding carboxylic acids is 1.